The molecule has 4 rings (SSSR count). The lowest BCUT2D eigenvalue weighted by Gasteiger charge is -2.14. The summed E-state index contributed by atoms with van der Waals surface area (Å²) in [6.07, 6.45) is 0. The van der Waals surface area contributed by atoms with E-state index in [0.29, 0.717) is 27.9 Å². The SMILES string of the molecule is COC(=O)c1c(C)oc2cc(OCc3cccc(OS(=O)(=O)O)c3)c(OCc3cccc(S(=O)(=O)O)c3)cc12. The molecule has 0 aliphatic rings. The Bertz CT molecular complexity index is 1760. The second kappa shape index (κ2) is 10.9. The second-order valence-electron chi connectivity index (χ2n) is 8.18. The number of ether oxygens (including phenoxy) is 3. The Morgan fingerprint density at radius 2 is 1.49 bits per heavy atom. The minimum Gasteiger partial charge on any atom is -0.485 e. The first-order valence-electron chi connectivity index (χ1n) is 11.1. The normalized spacial score (nSPS) is 11.8. The fraction of sp³-hybridized carbons (Fsp3) is 0.160. The van der Waals surface area contributed by atoms with E-state index in [4.69, 9.17) is 23.2 Å². The van der Waals surface area contributed by atoms with Gasteiger partial charge in [-0.05, 0) is 48.4 Å². The lowest BCUT2D eigenvalue weighted by molar-refractivity contribution is 0.0600. The zero-order valence-electron chi connectivity index (χ0n) is 20.5. The highest BCUT2D eigenvalue weighted by Crippen LogP contribution is 2.38. The third kappa shape index (κ3) is 6.86. The smallest absolute Gasteiger partial charge is 0.446 e. The van der Waals surface area contributed by atoms with E-state index >= 15 is 0 Å². The van der Waals surface area contributed by atoms with Crippen LogP contribution in [0.2, 0.25) is 0 Å². The van der Waals surface area contributed by atoms with Crippen molar-refractivity contribution in [1.82, 2.24) is 0 Å². The third-order valence-electron chi connectivity index (χ3n) is 5.40. The molecule has 0 unspecified atom stereocenters. The standard InChI is InChI=1S/C25H22O12S2/c1-15-24(25(26)33-2)20-11-22(34-14-17-6-4-8-19(10-17)38(27,28)29)23(12-21(20)36-15)35-13-16-5-3-7-18(9-16)37-39(30,31)32/h3-12H,13-14H2,1-2H3,(H,27,28,29)(H,30,31,32). The van der Waals surface area contributed by atoms with E-state index in [1.54, 1.807) is 19.1 Å². The van der Waals surface area contributed by atoms with Gasteiger partial charge < -0.3 is 22.8 Å². The monoisotopic (exact) mass is 578 g/mol. The van der Waals surface area contributed by atoms with Crippen LogP contribution in [0.5, 0.6) is 17.2 Å². The summed E-state index contributed by atoms with van der Waals surface area (Å²) in [5, 5.41) is 0.386. The molecule has 0 aliphatic heterocycles. The summed E-state index contributed by atoms with van der Waals surface area (Å²) in [4.78, 5) is 12.0. The summed E-state index contributed by atoms with van der Waals surface area (Å²) in [5.41, 5.74) is 1.39. The van der Waals surface area contributed by atoms with Crippen molar-refractivity contribution in [3.8, 4) is 17.2 Å². The highest BCUT2D eigenvalue weighted by Gasteiger charge is 2.22. The maximum absolute atomic E-state index is 12.4. The van der Waals surface area contributed by atoms with Crippen molar-refractivity contribution in [3.05, 3.63) is 83.1 Å². The fourth-order valence-electron chi connectivity index (χ4n) is 3.73. The van der Waals surface area contributed by atoms with Gasteiger partial charge in [0.25, 0.3) is 10.1 Å². The number of furan rings is 1. The van der Waals surface area contributed by atoms with Gasteiger partial charge in [-0.3, -0.25) is 9.11 Å². The molecule has 3 aromatic carbocycles. The van der Waals surface area contributed by atoms with Crippen LogP contribution in [0, 0.1) is 6.92 Å². The molecule has 0 saturated carbocycles. The quantitative estimate of drug-likeness (QED) is 0.204. The Kier molecular flexibility index (Phi) is 7.83. The van der Waals surface area contributed by atoms with Crippen LogP contribution in [0.3, 0.4) is 0 Å². The van der Waals surface area contributed by atoms with Crippen LogP contribution in [-0.2, 0) is 38.5 Å². The van der Waals surface area contributed by atoms with E-state index in [1.165, 1.54) is 55.6 Å². The molecule has 0 amide bonds. The van der Waals surface area contributed by atoms with Crippen LogP contribution in [0.1, 0.15) is 27.2 Å². The van der Waals surface area contributed by atoms with Crippen molar-refractivity contribution in [1.29, 1.82) is 0 Å². The molecular formula is C25H22O12S2. The second-order valence-corrected chi connectivity index (χ2v) is 10.6. The molecule has 0 saturated heterocycles. The Hall–Kier alpha value is -4.11. The zero-order chi connectivity index (χ0) is 28.4. The Balaban J connectivity index is 1.68. The van der Waals surface area contributed by atoms with Crippen molar-refractivity contribution >= 4 is 37.5 Å². The van der Waals surface area contributed by atoms with E-state index in [1.807, 2.05) is 0 Å². The van der Waals surface area contributed by atoms with Crippen LogP contribution in [0.4, 0.5) is 0 Å². The van der Waals surface area contributed by atoms with Gasteiger partial charge in [-0.2, -0.15) is 16.8 Å². The highest BCUT2D eigenvalue weighted by molar-refractivity contribution is 7.85. The maximum atomic E-state index is 12.4. The number of rotatable bonds is 10. The third-order valence-corrected chi connectivity index (χ3v) is 6.66. The van der Waals surface area contributed by atoms with Crippen molar-refractivity contribution in [3.63, 3.8) is 0 Å². The largest absolute Gasteiger partial charge is 0.485 e. The van der Waals surface area contributed by atoms with Gasteiger partial charge in [-0.1, -0.05) is 24.3 Å². The van der Waals surface area contributed by atoms with Crippen molar-refractivity contribution in [2.24, 2.45) is 0 Å². The maximum Gasteiger partial charge on any atom is 0.446 e. The number of hydrogen-bond donors (Lipinski definition) is 2. The number of carbonyl (C=O) groups is 1. The summed E-state index contributed by atoms with van der Waals surface area (Å²) in [6.45, 7) is 1.37. The van der Waals surface area contributed by atoms with Crippen molar-refractivity contribution in [2.75, 3.05) is 7.11 Å². The molecule has 12 nitrogen and oxygen atoms in total. The number of aryl methyl sites for hydroxylation is 1. The minimum absolute atomic E-state index is 0.0909. The summed E-state index contributed by atoms with van der Waals surface area (Å²) in [6, 6.07) is 14.3. The summed E-state index contributed by atoms with van der Waals surface area (Å²) in [5.74, 6) is -0.109. The first-order valence-corrected chi connectivity index (χ1v) is 13.9. The molecule has 0 atom stereocenters. The van der Waals surface area contributed by atoms with E-state index in [2.05, 4.69) is 4.18 Å². The average molecular weight is 579 g/mol. The van der Waals surface area contributed by atoms with Crippen LogP contribution < -0.4 is 13.7 Å². The van der Waals surface area contributed by atoms with Gasteiger partial charge in [-0.15, -0.1) is 0 Å². The lowest BCUT2D eigenvalue weighted by Crippen LogP contribution is -2.07. The molecule has 14 heteroatoms. The molecule has 0 fully saturated rings. The van der Waals surface area contributed by atoms with Gasteiger partial charge in [-0.25, -0.2) is 4.79 Å². The Morgan fingerprint density at radius 1 is 0.872 bits per heavy atom. The van der Waals surface area contributed by atoms with E-state index in [-0.39, 0.29) is 40.9 Å². The first-order chi connectivity index (χ1) is 18.3. The molecule has 0 radical (unpaired) electrons. The molecule has 0 aliphatic carbocycles. The first kappa shape index (κ1) is 27.9. The number of esters is 1. The predicted octanol–water partition coefficient (Wildman–Crippen LogP) is 4.11. The van der Waals surface area contributed by atoms with Gasteiger partial charge in [0.2, 0.25) is 0 Å². The summed E-state index contributed by atoms with van der Waals surface area (Å²) in [7, 11) is -7.90. The van der Waals surface area contributed by atoms with Gasteiger partial charge in [0, 0.05) is 11.5 Å². The average Bonchev–Trinajstić information content (AvgIpc) is 3.18. The fourth-order valence-corrected chi connectivity index (χ4v) is 4.63. The van der Waals surface area contributed by atoms with Crippen molar-refractivity contribution in [2.45, 2.75) is 25.0 Å². The highest BCUT2D eigenvalue weighted by atomic mass is 32.3. The molecule has 39 heavy (non-hydrogen) atoms. The molecule has 1 heterocycles. The molecule has 0 bridgehead atoms. The van der Waals surface area contributed by atoms with Crippen molar-refractivity contribution < 1.29 is 53.5 Å². The van der Waals surface area contributed by atoms with Crippen LogP contribution in [0.25, 0.3) is 11.0 Å². The Labute approximate surface area is 223 Å². The van der Waals surface area contributed by atoms with Gasteiger partial charge >= 0.3 is 16.4 Å². The van der Waals surface area contributed by atoms with Gasteiger partial charge in [0.15, 0.2) is 11.5 Å². The van der Waals surface area contributed by atoms with Crippen LogP contribution in [-0.4, -0.2) is 39.0 Å². The van der Waals surface area contributed by atoms with E-state index in [9.17, 15) is 26.2 Å². The molecule has 0 spiro atoms. The number of carbonyl (C=O) groups excluding carboxylic acids is 1. The van der Waals surface area contributed by atoms with Gasteiger partial charge in [0.1, 0.15) is 35.9 Å². The number of fused-ring (bicyclic) bond motifs is 1. The molecule has 2 N–H and O–H groups in total. The minimum atomic E-state index is -4.71. The Morgan fingerprint density at radius 3 is 2.10 bits per heavy atom. The lowest BCUT2D eigenvalue weighted by atomic mass is 10.1. The summed E-state index contributed by atoms with van der Waals surface area (Å²) < 4.78 is 90.2. The molecular weight excluding hydrogens is 556 g/mol. The zero-order valence-corrected chi connectivity index (χ0v) is 22.1. The van der Waals surface area contributed by atoms with Gasteiger partial charge in [0.05, 0.1) is 12.0 Å². The van der Waals surface area contributed by atoms with Crippen LogP contribution >= 0.6 is 0 Å². The van der Waals surface area contributed by atoms with Crippen LogP contribution in [0.15, 0.2) is 70.0 Å². The molecule has 206 valence electrons. The predicted molar refractivity (Wildman–Crippen MR) is 136 cm³/mol. The number of benzene rings is 3. The number of hydrogen-bond acceptors (Lipinski definition) is 10. The molecule has 4 aromatic rings. The van der Waals surface area contributed by atoms with E-state index in [0.717, 1.165) is 0 Å². The molecule has 1 aromatic heterocycles. The summed E-state index contributed by atoms with van der Waals surface area (Å²) >= 11 is 0. The number of methoxy groups -OCH3 is 1. The topological polar surface area (TPSA) is 176 Å². The van der Waals surface area contributed by atoms with E-state index < -0.39 is 26.5 Å².